The molecule has 0 radical (unpaired) electrons. The number of rotatable bonds is 5. The van der Waals surface area contributed by atoms with E-state index in [2.05, 4.69) is 5.43 Å². The van der Waals surface area contributed by atoms with E-state index < -0.39 is 0 Å². The van der Waals surface area contributed by atoms with E-state index in [4.69, 9.17) is 23.2 Å². The number of carbonyl (C=O) groups is 1. The number of benzene rings is 1. The van der Waals surface area contributed by atoms with Crippen LogP contribution in [-0.4, -0.2) is 11.2 Å². The molecule has 94 valence electrons. The fourth-order valence-corrected chi connectivity index (χ4v) is 2.65. The van der Waals surface area contributed by atoms with Crippen LogP contribution >= 0.6 is 23.4 Å². The van der Waals surface area contributed by atoms with Gasteiger partial charge >= 0.3 is 0 Å². The Bertz CT molecular complexity index is 380. The number of hydrazine groups is 1. The fourth-order valence-electron chi connectivity index (χ4n) is 1.32. The van der Waals surface area contributed by atoms with Gasteiger partial charge in [-0.05, 0) is 18.6 Å². The van der Waals surface area contributed by atoms with Crippen molar-refractivity contribution in [3.63, 3.8) is 0 Å². The lowest BCUT2D eigenvalue weighted by Gasteiger charge is -2.13. The first-order valence-corrected chi connectivity index (χ1v) is 6.50. The van der Waals surface area contributed by atoms with Crippen molar-refractivity contribution in [1.29, 1.82) is 0 Å². The van der Waals surface area contributed by atoms with Crippen molar-refractivity contribution in [2.45, 2.75) is 29.9 Å². The molecular formula is C11H16ClN3OS. The maximum atomic E-state index is 11.0. The molecule has 1 aromatic rings. The van der Waals surface area contributed by atoms with E-state index in [1.54, 1.807) is 17.8 Å². The highest BCUT2D eigenvalue weighted by atomic mass is 35.5. The third-order valence-electron chi connectivity index (χ3n) is 2.26. The van der Waals surface area contributed by atoms with Crippen molar-refractivity contribution < 1.29 is 4.79 Å². The van der Waals surface area contributed by atoms with E-state index in [1.165, 1.54) is 0 Å². The Morgan fingerprint density at radius 1 is 1.59 bits per heavy atom. The van der Waals surface area contributed by atoms with Crippen LogP contribution in [0.2, 0.25) is 5.02 Å². The van der Waals surface area contributed by atoms with Gasteiger partial charge in [-0.3, -0.25) is 10.2 Å². The second kappa shape index (κ2) is 6.74. The second-order valence-electron chi connectivity index (χ2n) is 3.69. The van der Waals surface area contributed by atoms with Crippen LogP contribution in [0.4, 0.5) is 5.69 Å². The number of halogens is 1. The van der Waals surface area contributed by atoms with E-state index in [0.717, 1.165) is 11.3 Å². The van der Waals surface area contributed by atoms with Gasteiger partial charge in [-0.15, -0.1) is 11.8 Å². The lowest BCUT2D eigenvalue weighted by molar-refractivity contribution is -0.121. The summed E-state index contributed by atoms with van der Waals surface area (Å²) in [7, 11) is 0. The number of amides is 1. The van der Waals surface area contributed by atoms with Crippen LogP contribution < -0.4 is 17.0 Å². The molecule has 0 aliphatic carbocycles. The van der Waals surface area contributed by atoms with Crippen molar-refractivity contribution in [3.8, 4) is 0 Å². The van der Waals surface area contributed by atoms with Gasteiger partial charge in [-0.25, -0.2) is 5.84 Å². The molecule has 17 heavy (non-hydrogen) atoms. The Labute approximate surface area is 110 Å². The summed E-state index contributed by atoms with van der Waals surface area (Å²) in [4.78, 5) is 11.9. The summed E-state index contributed by atoms with van der Waals surface area (Å²) in [6.45, 7) is 2.03. The Balaban J connectivity index is 2.56. The quantitative estimate of drug-likeness (QED) is 0.252. The molecule has 4 nitrogen and oxygen atoms in total. The van der Waals surface area contributed by atoms with E-state index in [1.807, 2.05) is 19.1 Å². The molecule has 0 heterocycles. The monoisotopic (exact) mass is 273 g/mol. The predicted molar refractivity (Wildman–Crippen MR) is 72.7 cm³/mol. The molecule has 1 amide bonds. The molecule has 0 bridgehead atoms. The maximum absolute atomic E-state index is 11.0. The van der Waals surface area contributed by atoms with Gasteiger partial charge in [0.05, 0.1) is 5.02 Å². The molecule has 0 saturated heterocycles. The van der Waals surface area contributed by atoms with E-state index in [0.29, 0.717) is 17.1 Å². The van der Waals surface area contributed by atoms with Crippen LogP contribution in [0.3, 0.4) is 0 Å². The molecule has 1 rings (SSSR count). The molecule has 1 atom stereocenters. The van der Waals surface area contributed by atoms with E-state index in [9.17, 15) is 4.79 Å². The molecule has 1 unspecified atom stereocenters. The van der Waals surface area contributed by atoms with Crippen LogP contribution in [0.1, 0.15) is 19.8 Å². The molecule has 5 N–H and O–H groups in total. The summed E-state index contributed by atoms with van der Waals surface area (Å²) in [6, 6.07) is 5.43. The first-order valence-electron chi connectivity index (χ1n) is 5.24. The Kier molecular flexibility index (Phi) is 5.61. The summed E-state index contributed by atoms with van der Waals surface area (Å²) < 4.78 is 0. The van der Waals surface area contributed by atoms with E-state index >= 15 is 0 Å². The third kappa shape index (κ3) is 4.46. The highest BCUT2D eigenvalue weighted by Gasteiger charge is 2.11. The third-order valence-corrected chi connectivity index (χ3v) is 4.01. The standard InChI is InChI=1S/C11H16ClN3OS/c1-7(5-6-10(16)15-14)17-11-8(12)3-2-4-9(11)13/h2-4,7H,5-6,13-14H2,1H3,(H,15,16). The summed E-state index contributed by atoms with van der Waals surface area (Å²) in [5.74, 6) is 4.85. The normalized spacial score (nSPS) is 12.2. The summed E-state index contributed by atoms with van der Waals surface area (Å²) in [5.41, 5.74) is 8.62. The molecule has 0 fully saturated rings. The number of hydrogen-bond acceptors (Lipinski definition) is 4. The molecule has 1 aromatic carbocycles. The summed E-state index contributed by atoms with van der Waals surface area (Å²) in [6.07, 6.45) is 1.12. The number of anilines is 1. The minimum atomic E-state index is -0.162. The Morgan fingerprint density at radius 2 is 2.29 bits per heavy atom. The molecule has 0 aromatic heterocycles. The van der Waals surface area contributed by atoms with Crippen molar-refractivity contribution in [3.05, 3.63) is 23.2 Å². The predicted octanol–water partition coefficient (Wildman–Crippen LogP) is 2.17. The van der Waals surface area contributed by atoms with Crippen molar-refractivity contribution in [1.82, 2.24) is 5.43 Å². The van der Waals surface area contributed by atoms with Crippen molar-refractivity contribution in [2.24, 2.45) is 5.84 Å². The van der Waals surface area contributed by atoms with E-state index in [-0.39, 0.29) is 11.2 Å². The maximum Gasteiger partial charge on any atom is 0.233 e. The van der Waals surface area contributed by atoms with Crippen molar-refractivity contribution in [2.75, 3.05) is 5.73 Å². The first-order chi connectivity index (χ1) is 8.04. The van der Waals surface area contributed by atoms with Crippen LogP contribution in [0.5, 0.6) is 0 Å². The highest BCUT2D eigenvalue weighted by molar-refractivity contribution is 8.00. The van der Waals surface area contributed by atoms with Gasteiger partial charge in [0.2, 0.25) is 5.91 Å². The Morgan fingerprint density at radius 3 is 2.88 bits per heavy atom. The van der Waals surface area contributed by atoms with Gasteiger partial charge in [0.15, 0.2) is 0 Å². The minimum Gasteiger partial charge on any atom is -0.398 e. The molecule has 0 spiro atoms. The largest absolute Gasteiger partial charge is 0.398 e. The first kappa shape index (κ1) is 14.2. The van der Waals surface area contributed by atoms with Crippen LogP contribution in [0.15, 0.2) is 23.1 Å². The molecule has 6 heteroatoms. The second-order valence-corrected chi connectivity index (χ2v) is 5.55. The minimum absolute atomic E-state index is 0.162. The smallest absolute Gasteiger partial charge is 0.233 e. The number of nitrogens with two attached hydrogens (primary N) is 2. The number of carbonyl (C=O) groups excluding carboxylic acids is 1. The molecular weight excluding hydrogens is 258 g/mol. The van der Waals surface area contributed by atoms with Gasteiger partial charge in [-0.2, -0.15) is 0 Å². The fraction of sp³-hybridized carbons (Fsp3) is 0.364. The highest BCUT2D eigenvalue weighted by Crippen LogP contribution is 2.36. The average molecular weight is 274 g/mol. The molecule has 0 aliphatic rings. The van der Waals surface area contributed by atoms with Crippen LogP contribution in [0.25, 0.3) is 0 Å². The van der Waals surface area contributed by atoms with Gasteiger partial charge in [0, 0.05) is 22.3 Å². The van der Waals surface area contributed by atoms with Gasteiger partial charge in [-0.1, -0.05) is 24.6 Å². The lowest BCUT2D eigenvalue weighted by atomic mass is 10.2. The SMILES string of the molecule is CC(CCC(=O)NN)Sc1c(N)cccc1Cl. The topological polar surface area (TPSA) is 81.1 Å². The summed E-state index contributed by atoms with van der Waals surface area (Å²) >= 11 is 7.63. The zero-order valence-electron chi connectivity index (χ0n) is 9.57. The lowest BCUT2D eigenvalue weighted by Crippen LogP contribution is -2.30. The van der Waals surface area contributed by atoms with Crippen LogP contribution in [-0.2, 0) is 4.79 Å². The van der Waals surface area contributed by atoms with Gasteiger partial charge in [0.1, 0.15) is 0 Å². The number of thioether (sulfide) groups is 1. The van der Waals surface area contributed by atoms with Gasteiger partial charge < -0.3 is 5.73 Å². The molecule has 0 saturated carbocycles. The summed E-state index contributed by atoms with van der Waals surface area (Å²) in [5, 5.41) is 0.889. The van der Waals surface area contributed by atoms with Crippen molar-refractivity contribution >= 4 is 35.0 Å². The number of nitrogens with one attached hydrogen (secondary N) is 1. The number of nitrogen functional groups attached to an aromatic ring is 1. The Hall–Kier alpha value is -0.910. The van der Waals surface area contributed by atoms with Crippen LogP contribution in [0, 0.1) is 0 Å². The zero-order valence-corrected chi connectivity index (χ0v) is 11.1. The number of hydrogen-bond donors (Lipinski definition) is 3. The molecule has 0 aliphatic heterocycles. The zero-order chi connectivity index (χ0) is 12.8. The van der Waals surface area contributed by atoms with Gasteiger partial charge in [0.25, 0.3) is 0 Å². The average Bonchev–Trinajstić information content (AvgIpc) is 2.31.